The third-order valence-corrected chi connectivity index (χ3v) is 3.57. The van der Waals surface area contributed by atoms with Crippen molar-refractivity contribution in [1.82, 2.24) is 0 Å². The van der Waals surface area contributed by atoms with Crippen molar-refractivity contribution < 1.29 is 9.52 Å². The summed E-state index contributed by atoms with van der Waals surface area (Å²) in [7, 11) is 0. The lowest BCUT2D eigenvalue weighted by molar-refractivity contribution is 0.471. The highest BCUT2D eigenvalue weighted by atomic mass is 16.3. The molecule has 0 aliphatic heterocycles. The maximum Gasteiger partial charge on any atom is 0.134 e. The molecule has 2 N–H and O–H groups in total. The van der Waals surface area contributed by atoms with Crippen molar-refractivity contribution in [3.8, 4) is 5.75 Å². The van der Waals surface area contributed by atoms with E-state index in [1.165, 1.54) is 0 Å². The number of phenolic OH excluding ortho intramolecular Hbond substituents is 1. The fourth-order valence-corrected chi connectivity index (χ4v) is 2.35. The number of furan rings is 1. The fourth-order valence-electron chi connectivity index (χ4n) is 2.35. The van der Waals surface area contributed by atoms with E-state index in [1.807, 2.05) is 38.1 Å². The minimum Gasteiger partial charge on any atom is -0.508 e. The van der Waals surface area contributed by atoms with E-state index in [0.29, 0.717) is 12.3 Å². The van der Waals surface area contributed by atoms with Gasteiger partial charge >= 0.3 is 0 Å². The summed E-state index contributed by atoms with van der Waals surface area (Å²) in [6, 6.07) is 11.8. The zero-order chi connectivity index (χ0) is 14.1. The van der Waals surface area contributed by atoms with Gasteiger partial charge in [-0.3, -0.25) is 0 Å². The number of hydrogen-bond donors (Lipinski definition) is 2. The smallest absolute Gasteiger partial charge is 0.134 e. The van der Waals surface area contributed by atoms with E-state index in [-0.39, 0.29) is 0 Å². The van der Waals surface area contributed by atoms with Gasteiger partial charge in [0.2, 0.25) is 0 Å². The first kappa shape index (κ1) is 12.6. The first-order valence-corrected chi connectivity index (χ1v) is 6.64. The number of benzene rings is 2. The summed E-state index contributed by atoms with van der Waals surface area (Å²) in [4.78, 5) is 0. The van der Waals surface area contributed by atoms with Gasteiger partial charge in [0.05, 0.1) is 6.26 Å². The standard InChI is InChI=1S/C17H17NO2/c1-11-8-16(19)12(2)7-15(11)18-9-13-10-20-17-6-4-3-5-14(13)17/h3-8,10,18-19H,9H2,1-2H3. The molecule has 0 fully saturated rings. The summed E-state index contributed by atoms with van der Waals surface area (Å²) >= 11 is 0. The summed E-state index contributed by atoms with van der Waals surface area (Å²) in [6.45, 7) is 4.57. The summed E-state index contributed by atoms with van der Waals surface area (Å²) in [5, 5.41) is 14.2. The van der Waals surface area contributed by atoms with E-state index in [9.17, 15) is 5.11 Å². The number of aryl methyl sites for hydroxylation is 2. The number of phenols is 1. The molecule has 0 radical (unpaired) electrons. The highest BCUT2D eigenvalue weighted by Crippen LogP contribution is 2.26. The second-order valence-corrected chi connectivity index (χ2v) is 5.06. The van der Waals surface area contributed by atoms with Crippen molar-refractivity contribution in [2.24, 2.45) is 0 Å². The van der Waals surface area contributed by atoms with Crippen molar-refractivity contribution in [1.29, 1.82) is 0 Å². The molecule has 1 heterocycles. The Morgan fingerprint density at radius 2 is 1.90 bits per heavy atom. The molecule has 0 spiro atoms. The van der Waals surface area contributed by atoms with E-state index < -0.39 is 0 Å². The predicted molar refractivity (Wildman–Crippen MR) is 81.1 cm³/mol. The van der Waals surface area contributed by atoms with E-state index in [2.05, 4.69) is 11.4 Å². The van der Waals surface area contributed by atoms with Gasteiger partial charge in [0.25, 0.3) is 0 Å². The van der Waals surface area contributed by atoms with Gasteiger partial charge < -0.3 is 14.8 Å². The van der Waals surface area contributed by atoms with E-state index in [4.69, 9.17) is 4.42 Å². The van der Waals surface area contributed by atoms with Gasteiger partial charge in [-0.25, -0.2) is 0 Å². The van der Waals surface area contributed by atoms with E-state index in [0.717, 1.165) is 33.3 Å². The molecule has 0 unspecified atom stereocenters. The summed E-state index contributed by atoms with van der Waals surface area (Å²) in [5.41, 5.74) is 4.97. The molecular formula is C17H17NO2. The molecular weight excluding hydrogens is 250 g/mol. The normalized spacial score (nSPS) is 10.9. The van der Waals surface area contributed by atoms with Crippen LogP contribution in [0.2, 0.25) is 0 Å². The lowest BCUT2D eigenvalue weighted by Gasteiger charge is -2.11. The quantitative estimate of drug-likeness (QED) is 0.693. The Hall–Kier alpha value is -2.42. The monoisotopic (exact) mass is 267 g/mol. The number of hydrogen-bond acceptors (Lipinski definition) is 3. The Morgan fingerprint density at radius 1 is 1.10 bits per heavy atom. The topological polar surface area (TPSA) is 45.4 Å². The Labute approximate surface area is 117 Å². The molecule has 102 valence electrons. The van der Waals surface area contributed by atoms with Crippen molar-refractivity contribution in [3.05, 3.63) is 59.4 Å². The van der Waals surface area contributed by atoms with Crippen molar-refractivity contribution in [2.45, 2.75) is 20.4 Å². The molecule has 3 aromatic rings. The molecule has 0 bridgehead atoms. The van der Waals surface area contributed by atoms with E-state index >= 15 is 0 Å². The first-order valence-electron chi connectivity index (χ1n) is 6.64. The second kappa shape index (κ2) is 4.93. The predicted octanol–water partition coefficient (Wildman–Crippen LogP) is 4.37. The molecule has 0 aliphatic carbocycles. The van der Waals surface area contributed by atoms with Crippen LogP contribution in [-0.4, -0.2) is 5.11 Å². The number of aromatic hydroxyl groups is 1. The molecule has 3 nitrogen and oxygen atoms in total. The number of fused-ring (bicyclic) bond motifs is 1. The Morgan fingerprint density at radius 3 is 2.75 bits per heavy atom. The van der Waals surface area contributed by atoms with Crippen LogP contribution in [0.3, 0.4) is 0 Å². The lowest BCUT2D eigenvalue weighted by Crippen LogP contribution is -2.00. The first-order chi connectivity index (χ1) is 9.65. The molecule has 20 heavy (non-hydrogen) atoms. The third kappa shape index (κ3) is 2.23. The van der Waals surface area contributed by atoms with Crippen LogP contribution in [0, 0.1) is 13.8 Å². The van der Waals surface area contributed by atoms with Gasteiger partial charge in [-0.15, -0.1) is 0 Å². The van der Waals surface area contributed by atoms with Gasteiger partial charge in [-0.2, -0.15) is 0 Å². The average Bonchev–Trinajstić information content (AvgIpc) is 2.85. The van der Waals surface area contributed by atoms with Crippen molar-refractivity contribution >= 4 is 16.7 Å². The maximum absolute atomic E-state index is 9.68. The minimum absolute atomic E-state index is 0.335. The van der Waals surface area contributed by atoms with Gasteiger partial charge in [-0.1, -0.05) is 18.2 Å². The van der Waals surface area contributed by atoms with Crippen LogP contribution in [0.1, 0.15) is 16.7 Å². The van der Waals surface area contributed by atoms with Crippen LogP contribution >= 0.6 is 0 Å². The number of para-hydroxylation sites is 1. The average molecular weight is 267 g/mol. The van der Waals surface area contributed by atoms with Crippen molar-refractivity contribution in [3.63, 3.8) is 0 Å². The minimum atomic E-state index is 0.335. The van der Waals surface area contributed by atoms with Crippen LogP contribution < -0.4 is 5.32 Å². The van der Waals surface area contributed by atoms with Gasteiger partial charge in [-0.05, 0) is 43.2 Å². The zero-order valence-corrected chi connectivity index (χ0v) is 11.6. The van der Waals surface area contributed by atoms with Crippen molar-refractivity contribution in [2.75, 3.05) is 5.32 Å². The van der Waals surface area contributed by atoms with Crippen LogP contribution in [0.15, 0.2) is 47.1 Å². The molecule has 0 atom stereocenters. The highest BCUT2D eigenvalue weighted by molar-refractivity contribution is 5.81. The molecule has 0 saturated carbocycles. The van der Waals surface area contributed by atoms with Crippen LogP contribution in [0.25, 0.3) is 11.0 Å². The second-order valence-electron chi connectivity index (χ2n) is 5.06. The number of anilines is 1. The molecule has 0 amide bonds. The fraction of sp³-hybridized carbons (Fsp3) is 0.176. The molecule has 1 aromatic heterocycles. The molecule has 0 aliphatic rings. The Balaban J connectivity index is 1.85. The summed E-state index contributed by atoms with van der Waals surface area (Å²) in [5.74, 6) is 0.335. The highest BCUT2D eigenvalue weighted by Gasteiger charge is 2.07. The Kier molecular flexibility index (Phi) is 3.11. The van der Waals surface area contributed by atoms with Crippen LogP contribution in [0.4, 0.5) is 5.69 Å². The lowest BCUT2D eigenvalue weighted by atomic mass is 10.1. The zero-order valence-electron chi connectivity index (χ0n) is 11.6. The van der Waals surface area contributed by atoms with Gasteiger partial charge in [0.15, 0.2) is 0 Å². The summed E-state index contributed by atoms with van der Waals surface area (Å²) in [6.07, 6.45) is 1.79. The van der Waals surface area contributed by atoms with Gasteiger partial charge in [0.1, 0.15) is 11.3 Å². The number of rotatable bonds is 3. The molecule has 0 saturated heterocycles. The maximum atomic E-state index is 9.68. The largest absolute Gasteiger partial charge is 0.508 e. The van der Waals surface area contributed by atoms with Gasteiger partial charge in [0, 0.05) is 23.2 Å². The molecule has 3 heteroatoms. The van der Waals surface area contributed by atoms with E-state index in [1.54, 1.807) is 12.3 Å². The SMILES string of the molecule is Cc1cc(NCc2coc3ccccc23)c(C)cc1O. The Bertz CT molecular complexity index is 759. The van der Waals surface area contributed by atoms with Crippen LogP contribution in [-0.2, 0) is 6.54 Å². The van der Waals surface area contributed by atoms with Crippen LogP contribution in [0.5, 0.6) is 5.75 Å². The molecule has 3 rings (SSSR count). The summed E-state index contributed by atoms with van der Waals surface area (Å²) < 4.78 is 5.53. The third-order valence-electron chi connectivity index (χ3n) is 3.57. The number of nitrogens with one attached hydrogen (secondary N) is 1. The molecule has 2 aromatic carbocycles.